The molecule has 0 atom stereocenters. The van der Waals surface area contributed by atoms with Crippen LogP contribution in [0.4, 0.5) is 4.79 Å². The van der Waals surface area contributed by atoms with Crippen molar-refractivity contribution in [3.8, 4) is 0 Å². The van der Waals surface area contributed by atoms with E-state index in [0.717, 1.165) is 22.0 Å². The molecule has 232 valence electrons. The van der Waals surface area contributed by atoms with Crippen LogP contribution in [0.2, 0.25) is 0 Å². The number of Topliss-reactive ketones (excluding diaryl/α,β-unsaturated/α-hetero) is 2. The zero-order valence-electron chi connectivity index (χ0n) is 26.5. The molecule has 2 heterocycles. The second-order valence-corrected chi connectivity index (χ2v) is 13.8. The smallest absolute Gasteiger partial charge is 0.419 e. The number of H-pyrrole nitrogens is 1. The molecule has 0 amide bonds. The van der Waals surface area contributed by atoms with Gasteiger partial charge in [-0.1, -0.05) is 91.2 Å². The highest BCUT2D eigenvalue weighted by molar-refractivity contribution is 6.68. The van der Waals surface area contributed by atoms with Gasteiger partial charge >= 0.3 is 6.09 Å². The number of ether oxygens (including phenoxy) is 1. The quantitative estimate of drug-likeness (QED) is 0.168. The van der Waals surface area contributed by atoms with Crippen LogP contribution < -0.4 is 0 Å². The molecule has 1 aliphatic rings. The summed E-state index contributed by atoms with van der Waals surface area (Å²) in [7, 11) is 0. The molecule has 2 aromatic carbocycles. The summed E-state index contributed by atoms with van der Waals surface area (Å²) < 4.78 is 7.12. The Hall–Kier alpha value is -4.13. The zero-order valence-corrected chi connectivity index (χ0v) is 28.0. The lowest BCUT2D eigenvalue weighted by atomic mass is 9.81. The topological polar surface area (TPSA) is 81.2 Å². The van der Waals surface area contributed by atoms with Gasteiger partial charge in [-0.2, -0.15) is 0 Å². The first-order chi connectivity index (χ1) is 21.1. The predicted octanol–water partition coefficient (Wildman–Crippen LogP) is 9.63. The first-order valence-electron chi connectivity index (χ1n) is 14.7. The lowest BCUT2D eigenvalue weighted by Crippen LogP contribution is -2.27. The van der Waals surface area contributed by atoms with Crippen molar-refractivity contribution in [3.05, 3.63) is 105 Å². The number of allylic oxidation sites excluding steroid dienone is 7. The molecule has 8 heteroatoms. The zero-order chi connectivity index (χ0) is 33.0. The number of nitrogens with zero attached hydrogens (tertiary/aromatic N) is 1. The second kappa shape index (κ2) is 11.7. The molecule has 0 aliphatic heterocycles. The lowest BCUT2D eigenvalue weighted by Gasteiger charge is -2.24. The highest BCUT2D eigenvalue weighted by Crippen LogP contribution is 2.46. The molecule has 0 bridgehead atoms. The van der Waals surface area contributed by atoms with Crippen LogP contribution in [-0.2, 0) is 26.2 Å². The van der Waals surface area contributed by atoms with E-state index in [1.807, 2.05) is 64.1 Å². The Bertz CT molecular complexity index is 2020. The summed E-state index contributed by atoms with van der Waals surface area (Å²) in [5.41, 5.74) is 3.41. The van der Waals surface area contributed by atoms with E-state index < -0.39 is 28.7 Å². The number of carbonyl (C=O) groups is 3. The molecule has 6 nitrogen and oxygen atoms in total. The van der Waals surface area contributed by atoms with Crippen molar-refractivity contribution in [1.82, 2.24) is 9.55 Å². The number of rotatable bonds is 6. The molecule has 0 saturated carbocycles. The summed E-state index contributed by atoms with van der Waals surface area (Å²) >= 11 is 13.8. The molecule has 1 N–H and O–H groups in total. The fourth-order valence-corrected chi connectivity index (χ4v) is 6.14. The minimum Gasteiger partial charge on any atom is -0.443 e. The van der Waals surface area contributed by atoms with E-state index in [1.54, 1.807) is 32.9 Å². The molecule has 45 heavy (non-hydrogen) atoms. The SMILES string of the molecule is C=CC(C)(C)c1[nH]c2ccccc2c1C1=C(Cl)C(=O)C(c2cn(C(=O)OC(C)(C)C)c3c(CC=C(C)C)cccc23)=C(Cl)C1=O. The Morgan fingerprint density at radius 2 is 1.56 bits per heavy atom. The second-order valence-electron chi connectivity index (χ2n) is 13.1. The van der Waals surface area contributed by atoms with Crippen molar-refractivity contribution < 1.29 is 19.1 Å². The van der Waals surface area contributed by atoms with Crippen molar-refractivity contribution in [3.63, 3.8) is 0 Å². The van der Waals surface area contributed by atoms with Crippen LogP contribution in [0.3, 0.4) is 0 Å². The first-order valence-corrected chi connectivity index (χ1v) is 15.5. The average Bonchev–Trinajstić information content (AvgIpc) is 3.55. The summed E-state index contributed by atoms with van der Waals surface area (Å²) in [5, 5.41) is 0.785. The third-order valence-corrected chi connectivity index (χ3v) is 8.62. The minimum atomic E-state index is -0.770. The number of para-hydroxylation sites is 2. The summed E-state index contributed by atoms with van der Waals surface area (Å²) in [6, 6.07) is 13.1. The van der Waals surface area contributed by atoms with Crippen LogP contribution in [0.15, 0.2) is 83.0 Å². The van der Waals surface area contributed by atoms with Crippen molar-refractivity contribution in [2.24, 2.45) is 0 Å². The maximum Gasteiger partial charge on any atom is 0.419 e. The van der Waals surface area contributed by atoms with Gasteiger partial charge in [-0.05, 0) is 52.7 Å². The van der Waals surface area contributed by atoms with Crippen molar-refractivity contribution in [1.29, 1.82) is 0 Å². The number of aromatic nitrogens is 2. The van der Waals surface area contributed by atoms with Gasteiger partial charge < -0.3 is 9.72 Å². The molecule has 0 fully saturated rings. The third-order valence-electron chi connectivity index (χ3n) is 7.90. The lowest BCUT2D eigenvalue weighted by molar-refractivity contribution is -0.113. The van der Waals surface area contributed by atoms with Gasteiger partial charge in [-0.15, -0.1) is 6.58 Å². The fraction of sp³-hybridized carbons (Fsp3) is 0.270. The molecule has 4 aromatic rings. The van der Waals surface area contributed by atoms with E-state index in [1.165, 1.54) is 10.8 Å². The number of halogens is 2. The number of benzene rings is 2. The van der Waals surface area contributed by atoms with Crippen LogP contribution in [0.1, 0.15) is 70.9 Å². The molecule has 1 aliphatic carbocycles. The Morgan fingerprint density at radius 1 is 0.933 bits per heavy atom. The summed E-state index contributed by atoms with van der Waals surface area (Å²) in [6.07, 6.45) is 5.26. The van der Waals surface area contributed by atoms with E-state index in [0.29, 0.717) is 34.1 Å². The van der Waals surface area contributed by atoms with E-state index in [2.05, 4.69) is 17.6 Å². The standard InChI is InChI=1S/C37H36Cl2N2O4/c1-9-37(7,8)34-26(23-14-10-11-16-25(23)40-34)28-30(39)32(42)27(29(38)33(28)43)24-19-41(35(44)45-36(4,5)6)31-21(18-17-20(2)3)13-12-15-22(24)31/h9-17,19,40H,1,18H2,2-8H3. The minimum absolute atomic E-state index is 0.0259. The number of aromatic amines is 1. The Balaban J connectivity index is 1.76. The molecule has 0 saturated heterocycles. The third kappa shape index (κ3) is 5.73. The highest BCUT2D eigenvalue weighted by Gasteiger charge is 2.39. The number of carbonyl (C=O) groups excluding carboxylic acids is 3. The molecule has 5 rings (SSSR count). The van der Waals surface area contributed by atoms with Crippen LogP contribution >= 0.6 is 23.2 Å². The molecule has 0 unspecified atom stereocenters. The maximum atomic E-state index is 14.3. The van der Waals surface area contributed by atoms with Crippen LogP contribution in [0.25, 0.3) is 33.0 Å². The fourth-order valence-electron chi connectivity index (χ4n) is 5.59. The summed E-state index contributed by atoms with van der Waals surface area (Å²) in [4.78, 5) is 45.4. The van der Waals surface area contributed by atoms with Crippen LogP contribution in [0.5, 0.6) is 0 Å². The molecular weight excluding hydrogens is 607 g/mol. The van der Waals surface area contributed by atoms with Gasteiger partial charge in [-0.25, -0.2) is 4.79 Å². The van der Waals surface area contributed by atoms with Crippen LogP contribution in [-0.4, -0.2) is 32.8 Å². The number of ketones is 2. The number of nitrogens with one attached hydrogen (secondary N) is 1. The predicted molar refractivity (Wildman–Crippen MR) is 184 cm³/mol. The molecule has 0 spiro atoms. The Morgan fingerprint density at radius 3 is 2.20 bits per heavy atom. The van der Waals surface area contributed by atoms with Gasteiger partial charge in [0.2, 0.25) is 11.6 Å². The largest absolute Gasteiger partial charge is 0.443 e. The Labute approximate surface area is 273 Å². The molecule has 2 aromatic heterocycles. The van der Waals surface area contributed by atoms with Gasteiger partial charge in [0.1, 0.15) is 15.7 Å². The monoisotopic (exact) mass is 642 g/mol. The van der Waals surface area contributed by atoms with E-state index in [9.17, 15) is 14.4 Å². The van der Waals surface area contributed by atoms with E-state index in [-0.39, 0.29) is 21.2 Å². The summed E-state index contributed by atoms with van der Waals surface area (Å²) in [5.74, 6) is -1.19. The van der Waals surface area contributed by atoms with Gasteiger partial charge in [-0.3, -0.25) is 14.2 Å². The highest BCUT2D eigenvalue weighted by atomic mass is 35.5. The van der Waals surface area contributed by atoms with Crippen molar-refractivity contribution >= 4 is 73.8 Å². The molecular formula is C37H36Cl2N2O4. The number of hydrogen-bond donors (Lipinski definition) is 1. The van der Waals surface area contributed by atoms with Gasteiger partial charge in [0.05, 0.1) is 16.7 Å². The van der Waals surface area contributed by atoms with Crippen molar-refractivity contribution in [2.45, 2.75) is 65.9 Å². The van der Waals surface area contributed by atoms with E-state index in [4.69, 9.17) is 27.9 Å². The van der Waals surface area contributed by atoms with E-state index >= 15 is 0 Å². The van der Waals surface area contributed by atoms with Gasteiger partial charge in [0.15, 0.2) is 0 Å². The van der Waals surface area contributed by atoms with Crippen LogP contribution in [0, 0.1) is 0 Å². The number of fused-ring (bicyclic) bond motifs is 2. The number of hydrogen-bond acceptors (Lipinski definition) is 4. The Kier molecular flexibility index (Phi) is 8.36. The molecule has 0 radical (unpaired) electrons. The average molecular weight is 644 g/mol. The van der Waals surface area contributed by atoms with Crippen molar-refractivity contribution in [2.75, 3.05) is 0 Å². The normalized spacial score (nSPS) is 14.5. The summed E-state index contributed by atoms with van der Waals surface area (Å²) in [6.45, 7) is 17.2. The maximum absolute atomic E-state index is 14.3. The first kappa shape index (κ1) is 32.3. The van der Waals surface area contributed by atoms with Gasteiger partial charge in [0.25, 0.3) is 0 Å². The van der Waals surface area contributed by atoms with Gasteiger partial charge in [0, 0.05) is 44.7 Å².